The van der Waals surface area contributed by atoms with E-state index >= 15 is 0 Å². The van der Waals surface area contributed by atoms with Crippen LogP contribution in [0.2, 0.25) is 0 Å². The summed E-state index contributed by atoms with van der Waals surface area (Å²) in [6, 6.07) is 5.91. The van der Waals surface area contributed by atoms with Gasteiger partial charge in [-0.3, -0.25) is 0 Å². The first kappa shape index (κ1) is 14.8. The van der Waals surface area contributed by atoms with E-state index in [4.69, 9.17) is 5.11 Å². The summed E-state index contributed by atoms with van der Waals surface area (Å²) in [5, 5.41) is 11.7. The van der Waals surface area contributed by atoms with Crippen LogP contribution in [0.5, 0.6) is 0 Å². The van der Waals surface area contributed by atoms with Crippen LogP contribution in [0, 0.1) is 5.82 Å². The lowest BCUT2D eigenvalue weighted by Crippen LogP contribution is -2.45. The molecule has 0 aliphatic heterocycles. The first-order chi connectivity index (χ1) is 9.72. The number of hydrogen-bond acceptors (Lipinski definition) is 2. The monoisotopic (exact) mass is 280 g/mol. The predicted molar refractivity (Wildman–Crippen MR) is 76.1 cm³/mol. The molecule has 0 bridgehead atoms. The van der Waals surface area contributed by atoms with Crippen molar-refractivity contribution in [2.75, 3.05) is 18.5 Å². The van der Waals surface area contributed by atoms with Crippen LogP contribution >= 0.6 is 0 Å². The Morgan fingerprint density at radius 3 is 2.65 bits per heavy atom. The molecule has 0 heterocycles. The smallest absolute Gasteiger partial charge is 0.322 e. The highest BCUT2D eigenvalue weighted by Gasteiger charge is 2.25. The van der Waals surface area contributed by atoms with Crippen molar-refractivity contribution in [1.82, 2.24) is 4.90 Å². The number of aliphatic hydroxyl groups excluding tert-OH is 1. The SMILES string of the molecule is O=C(Nc1ccccc1F)N(CCO)C1CCCCC1. The molecular weight excluding hydrogens is 259 g/mol. The fraction of sp³-hybridized carbons (Fsp3) is 0.533. The summed E-state index contributed by atoms with van der Waals surface area (Å²) in [7, 11) is 0. The predicted octanol–water partition coefficient (Wildman–Crippen LogP) is 2.98. The normalized spacial score (nSPS) is 15.9. The minimum Gasteiger partial charge on any atom is -0.395 e. The Morgan fingerprint density at radius 2 is 2.00 bits per heavy atom. The molecule has 20 heavy (non-hydrogen) atoms. The highest BCUT2D eigenvalue weighted by atomic mass is 19.1. The van der Waals surface area contributed by atoms with Crippen molar-refractivity contribution in [1.29, 1.82) is 0 Å². The number of halogens is 1. The minimum absolute atomic E-state index is 0.0822. The van der Waals surface area contributed by atoms with Crippen LogP contribution in [0.3, 0.4) is 0 Å². The second-order valence-corrected chi connectivity index (χ2v) is 5.12. The Balaban J connectivity index is 2.04. The van der Waals surface area contributed by atoms with Crippen molar-refractivity contribution in [2.24, 2.45) is 0 Å². The van der Waals surface area contributed by atoms with Gasteiger partial charge in [0.25, 0.3) is 0 Å². The molecule has 2 amide bonds. The Kier molecular flexibility index (Phi) is 5.35. The zero-order valence-corrected chi connectivity index (χ0v) is 11.5. The molecule has 1 aromatic carbocycles. The van der Waals surface area contributed by atoms with Crippen molar-refractivity contribution in [3.05, 3.63) is 30.1 Å². The van der Waals surface area contributed by atoms with Gasteiger partial charge in [0.15, 0.2) is 0 Å². The number of rotatable bonds is 4. The maximum atomic E-state index is 13.6. The molecular formula is C15H21FN2O2. The molecule has 0 atom stereocenters. The molecule has 2 rings (SSSR count). The van der Waals surface area contributed by atoms with Gasteiger partial charge in [-0.2, -0.15) is 0 Å². The molecule has 0 spiro atoms. The summed E-state index contributed by atoms with van der Waals surface area (Å²) in [4.78, 5) is 13.9. The Bertz CT molecular complexity index is 447. The van der Waals surface area contributed by atoms with E-state index in [1.54, 1.807) is 17.0 Å². The van der Waals surface area contributed by atoms with E-state index in [9.17, 15) is 9.18 Å². The van der Waals surface area contributed by atoms with Crippen LogP contribution in [-0.4, -0.2) is 35.2 Å². The van der Waals surface area contributed by atoms with E-state index < -0.39 is 5.82 Å². The summed E-state index contributed by atoms with van der Waals surface area (Å²) in [5.74, 6) is -0.451. The van der Waals surface area contributed by atoms with E-state index in [2.05, 4.69) is 5.32 Å². The van der Waals surface area contributed by atoms with Crippen LogP contribution in [0.4, 0.5) is 14.9 Å². The van der Waals surface area contributed by atoms with E-state index in [1.165, 1.54) is 18.6 Å². The highest BCUT2D eigenvalue weighted by molar-refractivity contribution is 5.89. The average molecular weight is 280 g/mol. The van der Waals surface area contributed by atoms with E-state index in [0.29, 0.717) is 0 Å². The molecule has 2 N–H and O–H groups in total. The number of urea groups is 1. The standard InChI is InChI=1S/C15H21FN2O2/c16-13-8-4-5-9-14(13)17-15(20)18(10-11-19)12-6-2-1-3-7-12/h4-5,8-9,12,19H,1-3,6-7,10-11H2,(H,17,20). The van der Waals surface area contributed by atoms with Gasteiger partial charge < -0.3 is 15.3 Å². The van der Waals surface area contributed by atoms with Gasteiger partial charge in [0, 0.05) is 12.6 Å². The lowest BCUT2D eigenvalue weighted by molar-refractivity contribution is 0.144. The molecule has 0 saturated heterocycles. The largest absolute Gasteiger partial charge is 0.395 e. The third-order valence-electron chi connectivity index (χ3n) is 3.73. The zero-order chi connectivity index (χ0) is 14.4. The van der Waals surface area contributed by atoms with Crippen molar-refractivity contribution >= 4 is 11.7 Å². The van der Waals surface area contributed by atoms with Crippen LogP contribution in [0.25, 0.3) is 0 Å². The highest BCUT2D eigenvalue weighted by Crippen LogP contribution is 2.23. The summed E-state index contributed by atoms with van der Waals surface area (Å²) in [6.45, 7) is 0.201. The van der Waals surface area contributed by atoms with Crippen LogP contribution < -0.4 is 5.32 Å². The molecule has 1 saturated carbocycles. The third kappa shape index (κ3) is 3.70. The van der Waals surface area contributed by atoms with Crippen molar-refractivity contribution < 1.29 is 14.3 Å². The number of nitrogens with zero attached hydrogens (tertiary/aromatic N) is 1. The number of benzene rings is 1. The second-order valence-electron chi connectivity index (χ2n) is 5.12. The average Bonchev–Trinajstić information content (AvgIpc) is 2.48. The van der Waals surface area contributed by atoms with Crippen LogP contribution in [0.1, 0.15) is 32.1 Å². The molecule has 1 aromatic rings. The maximum Gasteiger partial charge on any atom is 0.322 e. The van der Waals surface area contributed by atoms with Crippen molar-refractivity contribution in [3.8, 4) is 0 Å². The third-order valence-corrected chi connectivity index (χ3v) is 3.73. The molecule has 1 fully saturated rings. The molecule has 0 aromatic heterocycles. The Hall–Kier alpha value is -1.62. The number of amides is 2. The lowest BCUT2D eigenvalue weighted by atomic mass is 9.94. The molecule has 1 aliphatic rings. The van der Waals surface area contributed by atoms with Gasteiger partial charge in [0.2, 0.25) is 0 Å². The Morgan fingerprint density at radius 1 is 1.30 bits per heavy atom. The van der Waals surface area contributed by atoms with Crippen molar-refractivity contribution in [3.63, 3.8) is 0 Å². The summed E-state index contributed by atoms with van der Waals surface area (Å²) in [5.41, 5.74) is 0.177. The lowest BCUT2D eigenvalue weighted by Gasteiger charge is -2.34. The van der Waals surface area contributed by atoms with Crippen LogP contribution in [-0.2, 0) is 0 Å². The van der Waals surface area contributed by atoms with E-state index in [0.717, 1.165) is 25.7 Å². The first-order valence-corrected chi connectivity index (χ1v) is 7.15. The summed E-state index contributed by atoms with van der Waals surface area (Å²) in [6.07, 6.45) is 5.28. The van der Waals surface area contributed by atoms with Crippen molar-refractivity contribution in [2.45, 2.75) is 38.1 Å². The minimum atomic E-state index is -0.451. The van der Waals surface area contributed by atoms with Gasteiger partial charge in [0.05, 0.1) is 12.3 Å². The molecule has 4 nitrogen and oxygen atoms in total. The number of nitrogens with one attached hydrogen (secondary N) is 1. The summed E-state index contributed by atoms with van der Waals surface area (Å²) >= 11 is 0. The molecule has 110 valence electrons. The maximum absolute atomic E-state index is 13.6. The number of carbonyl (C=O) groups excluding carboxylic acids is 1. The molecule has 0 radical (unpaired) electrons. The first-order valence-electron chi connectivity index (χ1n) is 7.15. The molecule has 1 aliphatic carbocycles. The molecule has 0 unspecified atom stereocenters. The van der Waals surface area contributed by atoms with Gasteiger partial charge in [-0.25, -0.2) is 9.18 Å². The van der Waals surface area contributed by atoms with E-state index in [-0.39, 0.29) is 30.9 Å². The van der Waals surface area contributed by atoms with Gasteiger partial charge >= 0.3 is 6.03 Å². The van der Waals surface area contributed by atoms with Gasteiger partial charge in [0.1, 0.15) is 5.82 Å². The topological polar surface area (TPSA) is 52.6 Å². The fourth-order valence-corrected chi connectivity index (χ4v) is 2.70. The number of carbonyl (C=O) groups is 1. The number of hydrogen-bond donors (Lipinski definition) is 2. The van der Waals surface area contributed by atoms with E-state index in [1.807, 2.05) is 0 Å². The quantitative estimate of drug-likeness (QED) is 0.891. The number of aliphatic hydroxyl groups is 1. The second kappa shape index (κ2) is 7.24. The fourth-order valence-electron chi connectivity index (χ4n) is 2.70. The van der Waals surface area contributed by atoms with Gasteiger partial charge in [-0.1, -0.05) is 31.4 Å². The number of para-hydroxylation sites is 1. The Labute approximate surface area is 118 Å². The van der Waals surface area contributed by atoms with Crippen LogP contribution in [0.15, 0.2) is 24.3 Å². The van der Waals surface area contributed by atoms with Gasteiger partial charge in [-0.05, 0) is 25.0 Å². The molecule has 5 heteroatoms. The number of anilines is 1. The summed E-state index contributed by atoms with van der Waals surface area (Å²) < 4.78 is 13.6. The zero-order valence-electron chi connectivity index (χ0n) is 11.5. The van der Waals surface area contributed by atoms with Gasteiger partial charge in [-0.15, -0.1) is 0 Å².